The van der Waals surface area contributed by atoms with Crippen molar-refractivity contribution in [1.82, 2.24) is 14.9 Å². The first-order valence-electron chi connectivity index (χ1n) is 7.91. The van der Waals surface area contributed by atoms with E-state index in [2.05, 4.69) is 14.9 Å². The first-order valence-corrected chi connectivity index (χ1v) is 7.91. The predicted molar refractivity (Wildman–Crippen MR) is 88.2 cm³/mol. The maximum Gasteiger partial charge on any atom is 0.283 e. The van der Waals surface area contributed by atoms with Crippen LogP contribution in [-0.2, 0) is 0 Å². The normalized spacial score (nSPS) is 16.4. The molecule has 7 heteroatoms. The molecule has 24 heavy (non-hydrogen) atoms. The van der Waals surface area contributed by atoms with E-state index in [-0.39, 0.29) is 0 Å². The van der Waals surface area contributed by atoms with Crippen molar-refractivity contribution >= 4 is 5.82 Å². The zero-order valence-corrected chi connectivity index (χ0v) is 13.3. The summed E-state index contributed by atoms with van der Waals surface area (Å²) < 4.78 is 26.5. The van der Waals surface area contributed by atoms with Crippen LogP contribution in [0.5, 0.6) is 0 Å². The van der Waals surface area contributed by atoms with E-state index < -0.39 is 19.1 Å². The van der Waals surface area contributed by atoms with Crippen LogP contribution in [0.25, 0.3) is 11.3 Å². The number of aliphatic hydroxyl groups is 1. The molecule has 0 bridgehead atoms. The van der Waals surface area contributed by atoms with E-state index in [1.807, 2.05) is 36.4 Å². The van der Waals surface area contributed by atoms with Crippen LogP contribution in [-0.4, -0.2) is 65.2 Å². The molecule has 2 aromatic rings. The van der Waals surface area contributed by atoms with Gasteiger partial charge in [-0.05, 0) is 0 Å². The standard InChI is InChI=1S/C17H20F2N4O/c18-17(19,12-24)11-22-6-8-23(9-7-22)16-10-15(20-13-21-16)14-4-2-1-3-5-14/h1-5,10,13,24H,6-9,11-12H2. The van der Waals surface area contributed by atoms with Crippen molar-refractivity contribution in [1.29, 1.82) is 0 Å². The maximum atomic E-state index is 13.3. The van der Waals surface area contributed by atoms with Crippen LogP contribution in [0.2, 0.25) is 0 Å². The van der Waals surface area contributed by atoms with Crippen LogP contribution in [0.1, 0.15) is 0 Å². The molecule has 2 heterocycles. The Labute approximate surface area is 139 Å². The Hall–Kier alpha value is -2.12. The molecule has 0 atom stereocenters. The number of alkyl halides is 2. The molecule has 1 saturated heterocycles. The number of rotatable bonds is 5. The summed E-state index contributed by atoms with van der Waals surface area (Å²) >= 11 is 0. The van der Waals surface area contributed by atoms with E-state index in [1.54, 1.807) is 4.90 Å². The Balaban J connectivity index is 1.65. The Morgan fingerprint density at radius 2 is 1.75 bits per heavy atom. The molecular formula is C17H20F2N4O. The lowest BCUT2D eigenvalue weighted by Gasteiger charge is -2.36. The highest BCUT2D eigenvalue weighted by Gasteiger charge is 2.32. The molecule has 0 unspecified atom stereocenters. The number of anilines is 1. The van der Waals surface area contributed by atoms with E-state index in [1.165, 1.54) is 6.33 Å². The number of hydrogen-bond donors (Lipinski definition) is 1. The van der Waals surface area contributed by atoms with Gasteiger partial charge in [-0.3, -0.25) is 4.90 Å². The van der Waals surface area contributed by atoms with Crippen molar-refractivity contribution in [2.24, 2.45) is 0 Å². The van der Waals surface area contributed by atoms with Crippen molar-refractivity contribution in [3.8, 4) is 11.3 Å². The zero-order chi connectivity index (χ0) is 17.0. The van der Waals surface area contributed by atoms with Crippen LogP contribution in [0.3, 0.4) is 0 Å². The van der Waals surface area contributed by atoms with Gasteiger partial charge in [0.2, 0.25) is 0 Å². The fourth-order valence-electron chi connectivity index (χ4n) is 2.80. The van der Waals surface area contributed by atoms with Crippen LogP contribution in [0.15, 0.2) is 42.7 Å². The average Bonchev–Trinajstić information content (AvgIpc) is 2.63. The molecule has 1 aliphatic rings. The van der Waals surface area contributed by atoms with E-state index in [0.29, 0.717) is 26.2 Å². The topological polar surface area (TPSA) is 52.5 Å². The molecule has 0 amide bonds. The number of aromatic nitrogens is 2. The smallest absolute Gasteiger partial charge is 0.283 e. The fourth-order valence-corrected chi connectivity index (χ4v) is 2.80. The molecule has 1 N–H and O–H groups in total. The molecule has 0 radical (unpaired) electrons. The summed E-state index contributed by atoms with van der Waals surface area (Å²) in [4.78, 5) is 12.4. The Bertz CT molecular complexity index is 661. The summed E-state index contributed by atoms with van der Waals surface area (Å²) in [5, 5.41) is 8.69. The Kier molecular flexibility index (Phi) is 5.01. The second-order valence-electron chi connectivity index (χ2n) is 5.90. The van der Waals surface area contributed by atoms with Gasteiger partial charge in [-0.1, -0.05) is 30.3 Å². The number of nitrogens with zero attached hydrogens (tertiary/aromatic N) is 4. The van der Waals surface area contributed by atoms with Gasteiger partial charge in [0.25, 0.3) is 5.92 Å². The summed E-state index contributed by atoms with van der Waals surface area (Å²) in [6, 6.07) is 11.8. The minimum Gasteiger partial charge on any atom is -0.390 e. The van der Waals surface area contributed by atoms with Gasteiger partial charge < -0.3 is 10.0 Å². The van der Waals surface area contributed by atoms with E-state index in [4.69, 9.17) is 5.11 Å². The molecule has 1 fully saturated rings. The van der Waals surface area contributed by atoms with Gasteiger partial charge in [0.15, 0.2) is 0 Å². The third kappa shape index (κ3) is 4.04. The SMILES string of the molecule is OCC(F)(F)CN1CCN(c2cc(-c3ccccc3)ncn2)CC1. The minimum absolute atomic E-state index is 0.406. The van der Waals surface area contributed by atoms with Crippen molar-refractivity contribution in [3.63, 3.8) is 0 Å². The van der Waals surface area contributed by atoms with Gasteiger partial charge in [-0.15, -0.1) is 0 Å². The van der Waals surface area contributed by atoms with E-state index >= 15 is 0 Å². The molecule has 128 valence electrons. The molecule has 0 spiro atoms. The van der Waals surface area contributed by atoms with Gasteiger partial charge in [0.1, 0.15) is 18.8 Å². The van der Waals surface area contributed by atoms with Crippen LogP contribution >= 0.6 is 0 Å². The highest BCUT2D eigenvalue weighted by atomic mass is 19.3. The number of piperazine rings is 1. The van der Waals surface area contributed by atoms with Crippen LogP contribution < -0.4 is 4.90 Å². The van der Waals surface area contributed by atoms with Crippen molar-refractivity contribution in [2.75, 3.05) is 44.2 Å². The summed E-state index contributed by atoms with van der Waals surface area (Å²) in [5.41, 5.74) is 1.86. The first-order chi connectivity index (χ1) is 11.6. The lowest BCUT2D eigenvalue weighted by atomic mass is 10.1. The third-order valence-corrected chi connectivity index (χ3v) is 4.10. The summed E-state index contributed by atoms with van der Waals surface area (Å²) in [6.07, 6.45) is 1.53. The predicted octanol–water partition coefficient (Wildman–Crippen LogP) is 1.89. The lowest BCUT2D eigenvalue weighted by Crippen LogP contribution is -2.50. The van der Waals surface area contributed by atoms with E-state index in [0.717, 1.165) is 17.1 Å². The quantitative estimate of drug-likeness (QED) is 0.905. The summed E-state index contributed by atoms with van der Waals surface area (Å²) in [6.45, 7) is 0.746. The highest BCUT2D eigenvalue weighted by Crippen LogP contribution is 2.22. The molecule has 1 aromatic carbocycles. The van der Waals surface area contributed by atoms with Crippen molar-refractivity contribution in [3.05, 3.63) is 42.7 Å². The van der Waals surface area contributed by atoms with Gasteiger partial charge in [0.05, 0.1) is 12.2 Å². The van der Waals surface area contributed by atoms with Gasteiger partial charge >= 0.3 is 0 Å². The number of benzene rings is 1. The van der Waals surface area contributed by atoms with Crippen LogP contribution in [0.4, 0.5) is 14.6 Å². The fraction of sp³-hybridized carbons (Fsp3) is 0.412. The molecule has 1 aromatic heterocycles. The molecule has 3 rings (SSSR count). The number of aliphatic hydroxyl groups excluding tert-OH is 1. The lowest BCUT2D eigenvalue weighted by molar-refractivity contribution is -0.0733. The number of halogens is 2. The number of hydrogen-bond acceptors (Lipinski definition) is 5. The second-order valence-corrected chi connectivity index (χ2v) is 5.90. The van der Waals surface area contributed by atoms with Crippen LogP contribution in [0, 0.1) is 0 Å². The maximum absolute atomic E-state index is 13.3. The molecule has 0 aliphatic carbocycles. The zero-order valence-electron chi connectivity index (χ0n) is 13.3. The first kappa shape index (κ1) is 16.7. The summed E-state index contributed by atoms with van der Waals surface area (Å²) in [5.74, 6) is -2.24. The molecule has 0 saturated carbocycles. The van der Waals surface area contributed by atoms with Crippen molar-refractivity contribution in [2.45, 2.75) is 5.92 Å². The van der Waals surface area contributed by atoms with Gasteiger partial charge in [-0.2, -0.15) is 0 Å². The van der Waals surface area contributed by atoms with Gasteiger partial charge in [-0.25, -0.2) is 18.7 Å². The summed E-state index contributed by atoms with van der Waals surface area (Å²) in [7, 11) is 0. The monoisotopic (exact) mass is 334 g/mol. The second kappa shape index (κ2) is 7.19. The Morgan fingerprint density at radius 1 is 1.04 bits per heavy atom. The molecule has 1 aliphatic heterocycles. The largest absolute Gasteiger partial charge is 0.390 e. The Morgan fingerprint density at radius 3 is 2.42 bits per heavy atom. The van der Waals surface area contributed by atoms with Gasteiger partial charge in [0, 0.05) is 37.8 Å². The van der Waals surface area contributed by atoms with E-state index in [9.17, 15) is 8.78 Å². The minimum atomic E-state index is -3.04. The average molecular weight is 334 g/mol. The molecule has 5 nitrogen and oxygen atoms in total. The van der Waals surface area contributed by atoms with Crippen molar-refractivity contribution < 1.29 is 13.9 Å². The third-order valence-electron chi connectivity index (χ3n) is 4.10. The molecular weight excluding hydrogens is 314 g/mol. The highest BCUT2D eigenvalue weighted by molar-refractivity contribution is 5.62.